The van der Waals surface area contributed by atoms with Gasteiger partial charge in [0.2, 0.25) is 0 Å². The number of hydrogen-bond donors (Lipinski definition) is 0. The van der Waals surface area contributed by atoms with E-state index in [0.717, 1.165) is 37.7 Å². The lowest BCUT2D eigenvalue weighted by Crippen LogP contribution is -2.22. The van der Waals surface area contributed by atoms with Crippen LogP contribution in [0.15, 0.2) is 48.5 Å². The van der Waals surface area contributed by atoms with Gasteiger partial charge in [0.25, 0.3) is 0 Å². The highest BCUT2D eigenvalue weighted by atomic mass is 16.1. The fraction of sp³-hybridized carbons (Fsp3) is 0.350. The summed E-state index contributed by atoms with van der Waals surface area (Å²) in [5.41, 5.74) is 4.96. The topological polar surface area (TPSA) is 17.1 Å². The number of carbonyl (C=O) groups is 1. The zero-order valence-corrected chi connectivity index (χ0v) is 12.6. The molecule has 1 heteroatoms. The second-order valence-corrected chi connectivity index (χ2v) is 6.02. The molecule has 1 aliphatic carbocycles. The van der Waals surface area contributed by atoms with Crippen LogP contribution in [0.1, 0.15) is 46.8 Å². The van der Waals surface area contributed by atoms with Gasteiger partial charge in [-0.3, -0.25) is 4.79 Å². The Labute approximate surface area is 127 Å². The van der Waals surface area contributed by atoms with Gasteiger partial charge in [0.1, 0.15) is 0 Å². The second-order valence-electron chi connectivity index (χ2n) is 6.02. The van der Waals surface area contributed by atoms with Crippen LogP contribution in [0.5, 0.6) is 0 Å². The number of rotatable bonds is 4. The van der Waals surface area contributed by atoms with E-state index in [2.05, 4.69) is 43.3 Å². The van der Waals surface area contributed by atoms with Gasteiger partial charge in [-0.05, 0) is 42.4 Å². The summed E-state index contributed by atoms with van der Waals surface area (Å²) in [4.78, 5) is 12.7. The van der Waals surface area contributed by atoms with Crippen molar-refractivity contribution in [1.82, 2.24) is 0 Å². The van der Waals surface area contributed by atoms with Crippen molar-refractivity contribution < 1.29 is 4.79 Å². The second kappa shape index (κ2) is 6.26. The van der Waals surface area contributed by atoms with Crippen LogP contribution in [0.25, 0.3) is 0 Å². The van der Waals surface area contributed by atoms with Crippen LogP contribution in [0.3, 0.4) is 0 Å². The number of Topliss-reactive ketones (excluding diaryl/α,β-unsaturated/α-hetero) is 1. The Morgan fingerprint density at radius 1 is 1.05 bits per heavy atom. The van der Waals surface area contributed by atoms with Crippen LogP contribution >= 0.6 is 0 Å². The van der Waals surface area contributed by atoms with Crippen LogP contribution in [-0.2, 0) is 19.3 Å². The molecule has 0 N–H and O–H groups in total. The van der Waals surface area contributed by atoms with Crippen LogP contribution in [0.4, 0.5) is 0 Å². The molecule has 0 saturated heterocycles. The first kappa shape index (κ1) is 14.1. The van der Waals surface area contributed by atoms with E-state index in [1.807, 2.05) is 12.1 Å². The summed E-state index contributed by atoms with van der Waals surface area (Å²) < 4.78 is 0. The molecular weight excluding hydrogens is 256 g/mol. The molecule has 0 spiro atoms. The highest BCUT2D eigenvalue weighted by Gasteiger charge is 2.25. The van der Waals surface area contributed by atoms with Gasteiger partial charge in [-0.2, -0.15) is 0 Å². The lowest BCUT2D eigenvalue weighted by Gasteiger charge is -2.23. The fourth-order valence-electron chi connectivity index (χ4n) is 3.28. The summed E-state index contributed by atoms with van der Waals surface area (Å²) in [5, 5.41) is 0. The first-order chi connectivity index (χ1) is 10.3. The minimum Gasteiger partial charge on any atom is -0.294 e. The number of aryl methyl sites for hydroxylation is 2. The smallest absolute Gasteiger partial charge is 0.166 e. The molecule has 1 nitrogen and oxygen atoms in total. The molecule has 0 saturated carbocycles. The van der Waals surface area contributed by atoms with Crippen LogP contribution in [0, 0.1) is 5.92 Å². The highest BCUT2D eigenvalue weighted by molar-refractivity contribution is 5.98. The van der Waals surface area contributed by atoms with Gasteiger partial charge in [0.15, 0.2) is 5.78 Å². The van der Waals surface area contributed by atoms with Crippen molar-refractivity contribution >= 4 is 5.78 Å². The Morgan fingerprint density at radius 3 is 2.48 bits per heavy atom. The standard InChI is InChI=1S/C20H22O/c1-2-5-15-8-10-17(11-9-15)20(21)19-13-12-16-6-3-4-7-18(16)14-19/h3-4,6-11,19H,2,5,12-14H2,1H3. The molecule has 0 amide bonds. The molecule has 0 aliphatic heterocycles. The maximum absolute atomic E-state index is 12.7. The predicted molar refractivity (Wildman–Crippen MR) is 86.7 cm³/mol. The highest BCUT2D eigenvalue weighted by Crippen LogP contribution is 2.28. The van der Waals surface area contributed by atoms with Gasteiger partial charge >= 0.3 is 0 Å². The Kier molecular flexibility index (Phi) is 4.19. The molecule has 0 heterocycles. The molecule has 0 radical (unpaired) electrons. The van der Waals surface area contributed by atoms with E-state index < -0.39 is 0 Å². The molecule has 21 heavy (non-hydrogen) atoms. The van der Waals surface area contributed by atoms with Gasteiger partial charge < -0.3 is 0 Å². The number of ketones is 1. The third kappa shape index (κ3) is 3.07. The molecule has 1 atom stereocenters. The lowest BCUT2D eigenvalue weighted by molar-refractivity contribution is 0.0909. The molecule has 0 bridgehead atoms. The van der Waals surface area contributed by atoms with Gasteiger partial charge in [0, 0.05) is 11.5 Å². The quantitative estimate of drug-likeness (QED) is 0.745. The molecular formula is C20H22O. The van der Waals surface area contributed by atoms with Gasteiger partial charge in [-0.25, -0.2) is 0 Å². The van der Waals surface area contributed by atoms with Gasteiger partial charge in [-0.1, -0.05) is 61.9 Å². The van der Waals surface area contributed by atoms with Crippen molar-refractivity contribution in [3.63, 3.8) is 0 Å². The Hall–Kier alpha value is -1.89. The summed E-state index contributed by atoms with van der Waals surface area (Å²) in [5.74, 6) is 0.462. The summed E-state index contributed by atoms with van der Waals surface area (Å²) in [7, 11) is 0. The van der Waals surface area contributed by atoms with Crippen molar-refractivity contribution in [3.05, 3.63) is 70.8 Å². The number of carbonyl (C=O) groups excluding carboxylic acids is 1. The van der Waals surface area contributed by atoms with Crippen molar-refractivity contribution in [2.75, 3.05) is 0 Å². The van der Waals surface area contributed by atoms with Gasteiger partial charge in [-0.15, -0.1) is 0 Å². The molecule has 0 fully saturated rings. The van der Waals surface area contributed by atoms with Crippen molar-refractivity contribution in [2.45, 2.75) is 39.0 Å². The first-order valence-corrected chi connectivity index (χ1v) is 7.98. The van der Waals surface area contributed by atoms with Crippen LogP contribution < -0.4 is 0 Å². The zero-order valence-electron chi connectivity index (χ0n) is 12.6. The van der Waals surface area contributed by atoms with Crippen LogP contribution in [-0.4, -0.2) is 5.78 Å². The number of fused-ring (bicyclic) bond motifs is 1. The minimum absolute atomic E-state index is 0.150. The summed E-state index contributed by atoms with van der Waals surface area (Å²) in [6.45, 7) is 2.18. The summed E-state index contributed by atoms with van der Waals surface area (Å²) in [6, 6.07) is 16.7. The van der Waals surface area contributed by atoms with E-state index in [4.69, 9.17) is 0 Å². The molecule has 1 aliphatic rings. The van der Waals surface area contributed by atoms with Crippen molar-refractivity contribution in [2.24, 2.45) is 5.92 Å². The van der Waals surface area contributed by atoms with Crippen LogP contribution in [0.2, 0.25) is 0 Å². The van der Waals surface area contributed by atoms with Gasteiger partial charge in [0.05, 0.1) is 0 Å². The zero-order chi connectivity index (χ0) is 14.7. The summed E-state index contributed by atoms with van der Waals surface area (Å²) >= 11 is 0. The van der Waals surface area contributed by atoms with E-state index in [0.29, 0.717) is 5.78 Å². The van der Waals surface area contributed by atoms with Crippen molar-refractivity contribution in [1.29, 1.82) is 0 Å². The van der Waals surface area contributed by atoms with E-state index in [1.165, 1.54) is 16.7 Å². The minimum atomic E-state index is 0.150. The Balaban J connectivity index is 1.74. The van der Waals surface area contributed by atoms with Crippen molar-refractivity contribution in [3.8, 4) is 0 Å². The lowest BCUT2D eigenvalue weighted by atomic mass is 9.80. The Morgan fingerprint density at radius 2 is 1.76 bits per heavy atom. The molecule has 2 aromatic carbocycles. The molecule has 0 aromatic heterocycles. The fourth-order valence-corrected chi connectivity index (χ4v) is 3.28. The van der Waals surface area contributed by atoms with E-state index in [9.17, 15) is 4.79 Å². The predicted octanol–water partition coefficient (Wildman–Crippen LogP) is 4.63. The third-order valence-electron chi connectivity index (χ3n) is 4.49. The average Bonchev–Trinajstić information content (AvgIpc) is 2.55. The molecule has 3 rings (SSSR count). The maximum Gasteiger partial charge on any atom is 0.166 e. The average molecular weight is 278 g/mol. The largest absolute Gasteiger partial charge is 0.294 e. The molecule has 2 aromatic rings. The first-order valence-electron chi connectivity index (χ1n) is 7.98. The molecule has 108 valence electrons. The SMILES string of the molecule is CCCc1ccc(C(=O)C2CCc3ccccc3C2)cc1. The summed E-state index contributed by atoms with van der Waals surface area (Å²) in [6.07, 6.45) is 5.14. The van der Waals surface area contributed by atoms with E-state index >= 15 is 0 Å². The normalized spacial score (nSPS) is 17.3. The van der Waals surface area contributed by atoms with E-state index in [-0.39, 0.29) is 5.92 Å². The Bertz CT molecular complexity index is 625. The molecule has 1 unspecified atom stereocenters. The van der Waals surface area contributed by atoms with E-state index in [1.54, 1.807) is 0 Å². The number of benzene rings is 2. The number of hydrogen-bond acceptors (Lipinski definition) is 1. The third-order valence-corrected chi connectivity index (χ3v) is 4.49. The maximum atomic E-state index is 12.7. The monoisotopic (exact) mass is 278 g/mol.